The molecule has 1 N–H and O–H groups in total. The van der Waals surface area contributed by atoms with Crippen LogP contribution in [0.3, 0.4) is 0 Å². The highest BCUT2D eigenvalue weighted by Gasteiger charge is 2.25. The molecule has 0 bridgehead atoms. The van der Waals surface area contributed by atoms with Gasteiger partial charge in [0.1, 0.15) is 5.75 Å². The second-order valence-electron chi connectivity index (χ2n) is 7.07. The normalized spacial score (nSPS) is 15.8. The number of carbonyl (C=O) groups excluding carboxylic acids is 2. The van der Waals surface area contributed by atoms with E-state index < -0.39 is 0 Å². The van der Waals surface area contributed by atoms with Crippen molar-refractivity contribution in [1.29, 1.82) is 0 Å². The molecule has 7 nitrogen and oxygen atoms in total. The van der Waals surface area contributed by atoms with Gasteiger partial charge < -0.3 is 24.4 Å². The van der Waals surface area contributed by atoms with E-state index >= 15 is 0 Å². The van der Waals surface area contributed by atoms with Crippen LogP contribution in [0.25, 0.3) is 0 Å². The fourth-order valence-corrected chi connectivity index (χ4v) is 3.58. The molecule has 0 atom stereocenters. The minimum atomic E-state index is -0.139. The van der Waals surface area contributed by atoms with Crippen molar-refractivity contribution in [1.82, 2.24) is 10.2 Å². The Hall–Kier alpha value is -3.22. The van der Waals surface area contributed by atoms with Crippen LogP contribution >= 0.6 is 0 Å². The lowest BCUT2D eigenvalue weighted by molar-refractivity contribution is 0.0698. The second kappa shape index (κ2) is 8.43. The number of ether oxygens (including phenoxy) is 3. The summed E-state index contributed by atoms with van der Waals surface area (Å²) in [6.45, 7) is 3.92. The number of hydrogen-bond acceptors (Lipinski definition) is 5. The van der Waals surface area contributed by atoms with E-state index in [0.717, 1.165) is 18.6 Å². The Balaban J connectivity index is 1.30. The number of benzene rings is 2. The van der Waals surface area contributed by atoms with Gasteiger partial charge in [-0.1, -0.05) is 0 Å². The summed E-state index contributed by atoms with van der Waals surface area (Å²) in [5.74, 6) is 1.87. The zero-order valence-electron chi connectivity index (χ0n) is 16.3. The Morgan fingerprint density at radius 2 is 1.72 bits per heavy atom. The van der Waals surface area contributed by atoms with E-state index in [1.54, 1.807) is 30.3 Å². The monoisotopic (exact) mass is 396 g/mol. The molecular formula is C22H24N2O5. The Morgan fingerprint density at radius 1 is 1.03 bits per heavy atom. The maximum atomic E-state index is 12.7. The number of nitrogens with zero attached hydrogens (tertiary/aromatic N) is 1. The predicted molar refractivity (Wildman–Crippen MR) is 107 cm³/mol. The van der Waals surface area contributed by atoms with Crippen LogP contribution in [0.5, 0.6) is 17.2 Å². The second-order valence-corrected chi connectivity index (χ2v) is 7.07. The molecule has 7 heteroatoms. The van der Waals surface area contributed by atoms with Gasteiger partial charge in [-0.05, 0) is 62.2 Å². The van der Waals surface area contributed by atoms with Crippen LogP contribution in [-0.4, -0.2) is 49.2 Å². The van der Waals surface area contributed by atoms with Crippen molar-refractivity contribution in [2.75, 3.05) is 26.5 Å². The van der Waals surface area contributed by atoms with Crippen molar-refractivity contribution in [2.45, 2.75) is 25.8 Å². The zero-order chi connectivity index (χ0) is 20.2. The van der Waals surface area contributed by atoms with Crippen LogP contribution in [-0.2, 0) is 0 Å². The molecule has 2 heterocycles. The van der Waals surface area contributed by atoms with Gasteiger partial charge in [-0.3, -0.25) is 9.59 Å². The van der Waals surface area contributed by atoms with Gasteiger partial charge in [0.05, 0.1) is 6.61 Å². The lowest BCUT2D eigenvalue weighted by Gasteiger charge is -2.32. The minimum absolute atomic E-state index is 0.00796. The lowest BCUT2D eigenvalue weighted by Crippen LogP contribution is -2.46. The van der Waals surface area contributed by atoms with E-state index in [2.05, 4.69) is 5.32 Å². The summed E-state index contributed by atoms with van der Waals surface area (Å²) >= 11 is 0. The maximum absolute atomic E-state index is 12.7. The molecule has 0 saturated carbocycles. The van der Waals surface area contributed by atoms with Crippen molar-refractivity contribution < 1.29 is 23.8 Å². The van der Waals surface area contributed by atoms with E-state index in [0.29, 0.717) is 42.3 Å². The summed E-state index contributed by atoms with van der Waals surface area (Å²) in [7, 11) is 0. The van der Waals surface area contributed by atoms with E-state index in [4.69, 9.17) is 14.2 Å². The molecule has 2 amide bonds. The number of likely N-dealkylation sites (tertiary alicyclic amines) is 1. The summed E-state index contributed by atoms with van der Waals surface area (Å²) in [6, 6.07) is 12.4. The predicted octanol–water partition coefficient (Wildman–Crippen LogP) is 2.85. The topological polar surface area (TPSA) is 77.1 Å². The molecule has 1 saturated heterocycles. The number of rotatable bonds is 5. The molecule has 0 aliphatic carbocycles. The Morgan fingerprint density at radius 3 is 2.45 bits per heavy atom. The van der Waals surface area contributed by atoms with Crippen molar-refractivity contribution in [2.24, 2.45) is 0 Å². The van der Waals surface area contributed by atoms with E-state index in [1.807, 2.05) is 24.0 Å². The summed E-state index contributed by atoms with van der Waals surface area (Å²) in [5.41, 5.74) is 1.19. The van der Waals surface area contributed by atoms with Gasteiger partial charge in [0.2, 0.25) is 6.79 Å². The van der Waals surface area contributed by atoms with Crippen molar-refractivity contribution >= 4 is 11.8 Å². The Kier molecular flexibility index (Phi) is 5.55. The standard InChI is InChI=1S/C22H24N2O5/c1-2-27-18-6-3-15(4-7-18)22(26)24-11-9-17(10-12-24)23-21(25)16-5-8-19-20(13-16)29-14-28-19/h3-8,13,17H,2,9-12,14H2,1H3,(H,23,25). The first-order valence-corrected chi connectivity index (χ1v) is 9.86. The van der Waals surface area contributed by atoms with Gasteiger partial charge in [0.15, 0.2) is 11.5 Å². The number of piperidine rings is 1. The van der Waals surface area contributed by atoms with E-state index in [1.165, 1.54) is 0 Å². The molecule has 4 rings (SSSR count). The zero-order valence-corrected chi connectivity index (χ0v) is 16.3. The van der Waals surface area contributed by atoms with Gasteiger partial charge in [-0.15, -0.1) is 0 Å². The first kappa shape index (κ1) is 19.1. The lowest BCUT2D eigenvalue weighted by atomic mass is 10.0. The quantitative estimate of drug-likeness (QED) is 0.841. The first-order valence-electron chi connectivity index (χ1n) is 9.86. The number of nitrogens with one attached hydrogen (secondary N) is 1. The van der Waals surface area contributed by atoms with Crippen molar-refractivity contribution in [3.05, 3.63) is 53.6 Å². The maximum Gasteiger partial charge on any atom is 0.253 e. The summed E-state index contributed by atoms with van der Waals surface area (Å²) < 4.78 is 16.0. The van der Waals surface area contributed by atoms with Crippen LogP contribution in [0.4, 0.5) is 0 Å². The fourth-order valence-electron chi connectivity index (χ4n) is 3.58. The smallest absolute Gasteiger partial charge is 0.253 e. The number of fused-ring (bicyclic) bond motifs is 1. The van der Waals surface area contributed by atoms with Crippen molar-refractivity contribution in [3.8, 4) is 17.2 Å². The molecule has 152 valence electrons. The van der Waals surface area contributed by atoms with Crippen LogP contribution in [0.2, 0.25) is 0 Å². The highest BCUT2D eigenvalue weighted by Crippen LogP contribution is 2.32. The number of hydrogen-bond donors (Lipinski definition) is 1. The highest BCUT2D eigenvalue weighted by molar-refractivity contribution is 5.95. The average Bonchev–Trinajstić information content (AvgIpc) is 3.22. The van der Waals surface area contributed by atoms with Gasteiger partial charge in [0.25, 0.3) is 11.8 Å². The van der Waals surface area contributed by atoms with Gasteiger partial charge >= 0.3 is 0 Å². The van der Waals surface area contributed by atoms with Crippen LogP contribution in [0.15, 0.2) is 42.5 Å². The third-order valence-electron chi connectivity index (χ3n) is 5.16. The van der Waals surface area contributed by atoms with Crippen LogP contribution < -0.4 is 19.5 Å². The van der Waals surface area contributed by atoms with E-state index in [-0.39, 0.29) is 24.6 Å². The highest BCUT2D eigenvalue weighted by atomic mass is 16.7. The van der Waals surface area contributed by atoms with E-state index in [9.17, 15) is 9.59 Å². The molecule has 2 aliphatic rings. The molecule has 0 spiro atoms. The number of amides is 2. The average molecular weight is 396 g/mol. The largest absolute Gasteiger partial charge is 0.494 e. The molecule has 2 aromatic rings. The first-order chi connectivity index (χ1) is 14.1. The Labute approximate surface area is 169 Å². The van der Waals surface area contributed by atoms with Crippen molar-refractivity contribution in [3.63, 3.8) is 0 Å². The Bertz CT molecular complexity index is 889. The minimum Gasteiger partial charge on any atom is -0.494 e. The summed E-state index contributed by atoms with van der Waals surface area (Å²) in [6.07, 6.45) is 1.44. The molecule has 0 radical (unpaired) electrons. The van der Waals surface area contributed by atoms with Gasteiger partial charge in [0, 0.05) is 30.3 Å². The molecule has 1 fully saturated rings. The van der Waals surface area contributed by atoms with Gasteiger partial charge in [-0.2, -0.15) is 0 Å². The van der Waals surface area contributed by atoms with Gasteiger partial charge in [-0.25, -0.2) is 0 Å². The molecule has 2 aliphatic heterocycles. The molecule has 0 aromatic heterocycles. The third kappa shape index (κ3) is 4.29. The summed E-state index contributed by atoms with van der Waals surface area (Å²) in [4.78, 5) is 27.1. The third-order valence-corrected chi connectivity index (χ3v) is 5.16. The molecule has 0 unspecified atom stereocenters. The SMILES string of the molecule is CCOc1ccc(C(=O)N2CCC(NC(=O)c3ccc4c(c3)OCO4)CC2)cc1. The number of carbonyl (C=O) groups is 2. The fraction of sp³-hybridized carbons (Fsp3) is 0.364. The van der Waals surface area contributed by atoms with Crippen LogP contribution in [0, 0.1) is 0 Å². The summed E-state index contributed by atoms with van der Waals surface area (Å²) in [5, 5.41) is 3.06. The van der Waals surface area contributed by atoms with Crippen LogP contribution in [0.1, 0.15) is 40.5 Å². The molecule has 2 aromatic carbocycles. The molecule has 29 heavy (non-hydrogen) atoms. The molecular weight excluding hydrogens is 372 g/mol.